The molecule has 70 valence electrons. The lowest BCUT2D eigenvalue weighted by molar-refractivity contribution is 0.199. The predicted molar refractivity (Wildman–Crippen MR) is 50.1 cm³/mol. The van der Waals surface area contributed by atoms with E-state index in [1.165, 1.54) is 0 Å². The van der Waals surface area contributed by atoms with E-state index in [2.05, 4.69) is 6.07 Å². The molecule has 0 rings (SSSR count). The van der Waals surface area contributed by atoms with E-state index in [1.54, 1.807) is 0 Å². The summed E-state index contributed by atoms with van der Waals surface area (Å²) in [5.74, 6) is 0. The summed E-state index contributed by atoms with van der Waals surface area (Å²) in [4.78, 5) is 0. The second-order valence-electron chi connectivity index (χ2n) is 3.08. The van der Waals surface area contributed by atoms with Gasteiger partial charge in [-0.05, 0) is 27.7 Å². The molecule has 0 aliphatic rings. The van der Waals surface area contributed by atoms with Gasteiger partial charge in [0.15, 0.2) is 0 Å². The van der Waals surface area contributed by atoms with E-state index in [1.807, 2.05) is 27.7 Å². The van der Waals surface area contributed by atoms with E-state index in [0.717, 1.165) is 0 Å². The van der Waals surface area contributed by atoms with Crippen LogP contribution in [0, 0.1) is 11.3 Å². The monoisotopic (exact) mass is 187 g/mol. The minimum absolute atomic E-state index is 0.438. The Kier molecular flexibility index (Phi) is 5.14. The molecule has 0 spiro atoms. The van der Waals surface area contributed by atoms with Gasteiger partial charge in [-0.3, -0.25) is 0 Å². The molecule has 0 radical (unpaired) electrons. The Balaban J connectivity index is 4.19. The van der Waals surface area contributed by atoms with Crippen molar-refractivity contribution in [3.05, 3.63) is 0 Å². The molecule has 3 nitrogen and oxygen atoms in total. The second kappa shape index (κ2) is 5.30. The van der Waals surface area contributed by atoms with Crippen molar-refractivity contribution in [2.75, 3.05) is 13.2 Å². The molecule has 0 aromatic carbocycles. The summed E-state index contributed by atoms with van der Waals surface area (Å²) >= 11 is 0. The predicted octanol–water partition coefficient (Wildman–Crippen LogP) is 1.58. The highest BCUT2D eigenvalue weighted by molar-refractivity contribution is 6.49. The van der Waals surface area contributed by atoms with Crippen molar-refractivity contribution in [1.82, 2.24) is 0 Å². The lowest BCUT2D eigenvalue weighted by Gasteiger charge is -2.24. The van der Waals surface area contributed by atoms with Crippen molar-refractivity contribution < 1.29 is 8.85 Å². The Morgan fingerprint density at radius 3 is 1.92 bits per heavy atom. The molecule has 0 atom stereocenters. The van der Waals surface area contributed by atoms with E-state index in [0.29, 0.717) is 13.2 Å². The maximum Gasteiger partial charge on any atom is 0.341 e. The summed E-state index contributed by atoms with van der Waals surface area (Å²) < 4.78 is 10.9. The van der Waals surface area contributed by atoms with Gasteiger partial charge in [0.05, 0.1) is 11.1 Å². The maximum absolute atomic E-state index is 8.84. The van der Waals surface area contributed by atoms with Gasteiger partial charge in [0.2, 0.25) is 0 Å². The average molecular weight is 187 g/mol. The quantitative estimate of drug-likeness (QED) is 0.614. The molecule has 0 aromatic rings. The second-order valence-corrected chi connectivity index (χ2v) is 5.85. The van der Waals surface area contributed by atoms with Crippen LogP contribution in [-0.2, 0) is 8.85 Å². The van der Waals surface area contributed by atoms with Crippen LogP contribution in [0.5, 0.6) is 0 Å². The van der Waals surface area contributed by atoms with Crippen molar-refractivity contribution in [3.63, 3.8) is 0 Å². The molecule has 0 heterocycles. The van der Waals surface area contributed by atoms with Gasteiger partial charge in [-0.1, -0.05) is 0 Å². The van der Waals surface area contributed by atoms with Gasteiger partial charge in [0, 0.05) is 13.2 Å². The molecular weight excluding hydrogens is 170 g/mol. The third kappa shape index (κ3) is 3.35. The zero-order valence-electron chi connectivity index (χ0n) is 8.26. The molecule has 0 unspecified atom stereocenters. The first-order valence-electron chi connectivity index (χ1n) is 4.23. The summed E-state index contributed by atoms with van der Waals surface area (Å²) in [7, 11) is -1.80. The van der Waals surface area contributed by atoms with E-state index in [-0.39, 0.29) is 0 Å². The molecule has 4 heteroatoms. The van der Waals surface area contributed by atoms with Gasteiger partial charge in [0.1, 0.15) is 0 Å². The van der Waals surface area contributed by atoms with Crippen LogP contribution in [0.25, 0.3) is 0 Å². The fraction of sp³-hybridized carbons (Fsp3) is 0.875. The van der Waals surface area contributed by atoms with E-state index in [4.69, 9.17) is 14.1 Å². The zero-order chi connectivity index (χ0) is 9.61. The Labute approximate surface area is 76.1 Å². The molecule has 12 heavy (non-hydrogen) atoms. The Bertz CT molecular complexity index is 159. The third-order valence-corrected chi connectivity index (χ3v) is 4.09. The van der Waals surface area contributed by atoms with Crippen LogP contribution in [0.15, 0.2) is 0 Å². The molecule has 0 aliphatic carbocycles. The molecule has 0 fully saturated rings. The van der Waals surface area contributed by atoms with E-state index < -0.39 is 14.3 Å². The molecule has 0 N–H and O–H groups in total. The third-order valence-electron chi connectivity index (χ3n) is 1.51. The Morgan fingerprint density at radius 1 is 1.25 bits per heavy atom. The first-order chi connectivity index (χ1) is 5.58. The van der Waals surface area contributed by atoms with Crippen molar-refractivity contribution in [1.29, 1.82) is 5.26 Å². The summed E-state index contributed by atoms with van der Waals surface area (Å²) in [6.45, 7) is 8.84. The number of nitrogens with zero attached hydrogens (tertiary/aromatic N) is 1. The van der Waals surface area contributed by atoms with Crippen LogP contribution >= 0.6 is 0 Å². The SMILES string of the molecule is CCO[SiH](OCC)C(C)(C)C#N. The van der Waals surface area contributed by atoms with Gasteiger partial charge < -0.3 is 8.85 Å². The highest BCUT2D eigenvalue weighted by Gasteiger charge is 2.34. The lowest BCUT2D eigenvalue weighted by atomic mass is 10.2. The fourth-order valence-corrected chi connectivity index (χ4v) is 2.46. The van der Waals surface area contributed by atoms with Crippen LogP contribution in [-0.4, -0.2) is 22.5 Å². The molecule has 0 bridgehead atoms. The molecule has 0 aromatic heterocycles. The van der Waals surface area contributed by atoms with Gasteiger partial charge in [-0.2, -0.15) is 5.26 Å². The van der Waals surface area contributed by atoms with Crippen molar-refractivity contribution >= 4 is 9.28 Å². The standard InChI is InChI=1S/C8H17NO2Si/c1-5-10-12(11-6-2)8(3,4)7-9/h12H,5-6H2,1-4H3. The summed E-state index contributed by atoms with van der Waals surface area (Å²) in [6.07, 6.45) is 0. The molecular formula is C8H17NO2Si. The van der Waals surface area contributed by atoms with Gasteiger partial charge in [-0.25, -0.2) is 0 Å². The van der Waals surface area contributed by atoms with Gasteiger partial charge in [-0.15, -0.1) is 0 Å². The van der Waals surface area contributed by atoms with E-state index in [9.17, 15) is 0 Å². The molecule has 0 amide bonds. The number of nitriles is 1. The highest BCUT2D eigenvalue weighted by Crippen LogP contribution is 2.27. The van der Waals surface area contributed by atoms with Gasteiger partial charge in [0.25, 0.3) is 0 Å². The summed E-state index contributed by atoms with van der Waals surface area (Å²) in [5, 5.41) is 8.40. The lowest BCUT2D eigenvalue weighted by Crippen LogP contribution is -2.34. The van der Waals surface area contributed by atoms with Gasteiger partial charge >= 0.3 is 9.28 Å². The van der Waals surface area contributed by atoms with Crippen LogP contribution in [0.2, 0.25) is 5.04 Å². The highest BCUT2D eigenvalue weighted by atomic mass is 28.3. The molecule has 0 aliphatic heterocycles. The van der Waals surface area contributed by atoms with Crippen molar-refractivity contribution in [2.24, 2.45) is 0 Å². The minimum Gasteiger partial charge on any atom is -0.396 e. The Hall–Kier alpha value is -0.373. The first-order valence-corrected chi connectivity index (χ1v) is 5.75. The fourth-order valence-electron chi connectivity index (χ4n) is 0.820. The van der Waals surface area contributed by atoms with E-state index >= 15 is 0 Å². The molecule has 0 saturated heterocycles. The summed E-state index contributed by atoms with van der Waals surface area (Å²) in [6, 6.07) is 2.22. The minimum atomic E-state index is -1.80. The largest absolute Gasteiger partial charge is 0.396 e. The van der Waals surface area contributed by atoms with Crippen LogP contribution in [0.1, 0.15) is 27.7 Å². The number of rotatable bonds is 5. The average Bonchev–Trinajstić information content (AvgIpc) is 2.04. The topological polar surface area (TPSA) is 42.2 Å². The zero-order valence-corrected chi connectivity index (χ0v) is 9.41. The van der Waals surface area contributed by atoms with Crippen molar-refractivity contribution in [2.45, 2.75) is 32.7 Å². The number of hydrogen-bond acceptors (Lipinski definition) is 3. The van der Waals surface area contributed by atoms with Crippen LogP contribution < -0.4 is 0 Å². The van der Waals surface area contributed by atoms with Crippen LogP contribution in [0.4, 0.5) is 0 Å². The molecule has 0 saturated carbocycles. The Morgan fingerprint density at radius 2 is 1.67 bits per heavy atom. The maximum atomic E-state index is 8.84. The number of hydrogen-bond donors (Lipinski definition) is 0. The first kappa shape index (κ1) is 11.6. The van der Waals surface area contributed by atoms with Crippen LogP contribution in [0.3, 0.4) is 0 Å². The smallest absolute Gasteiger partial charge is 0.341 e. The normalized spacial score (nSPS) is 11.7. The summed E-state index contributed by atoms with van der Waals surface area (Å²) in [5.41, 5.74) is 0. The van der Waals surface area contributed by atoms with Crippen molar-refractivity contribution in [3.8, 4) is 6.07 Å².